The van der Waals surface area contributed by atoms with Crippen LogP contribution in [0.4, 0.5) is 0 Å². The lowest BCUT2D eigenvalue weighted by Crippen LogP contribution is -2.34. The fourth-order valence-corrected chi connectivity index (χ4v) is 3.42. The van der Waals surface area contributed by atoms with Gasteiger partial charge in [-0.1, -0.05) is 19.1 Å². The van der Waals surface area contributed by atoms with Crippen molar-refractivity contribution in [3.63, 3.8) is 0 Å². The summed E-state index contributed by atoms with van der Waals surface area (Å²) in [6.45, 7) is 5.66. The number of benzene rings is 1. The average Bonchev–Trinajstić information content (AvgIpc) is 3.33. The van der Waals surface area contributed by atoms with E-state index >= 15 is 0 Å². The molecule has 1 aliphatic heterocycles. The largest absolute Gasteiger partial charge is 0.444 e. The molecule has 1 aliphatic rings. The van der Waals surface area contributed by atoms with Gasteiger partial charge in [0.05, 0.1) is 19.3 Å². The Kier molecular flexibility index (Phi) is 4.55. The summed E-state index contributed by atoms with van der Waals surface area (Å²) in [5, 5.41) is 0. The fraction of sp³-hybridized carbons (Fsp3) is 0.474. The third kappa shape index (κ3) is 3.60. The number of hydrogen-bond donors (Lipinski definition) is 0. The zero-order valence-corrected chi connectivity index (χ0v) is 14.8. The molecule has 1 fully saturated rings. The van der Waals surface area contributed by atoms with Gasteiger partial charge < -0.3 is 8.83 Å². The van der Waals surface area contributed by atoms with Crippen LogP contribution >= 0.6 is 0 Å². The van der Waals surface area contributed by atoms with Gasteiger partial charge in [-0.15, -0.1) is 0 Å². The smallest absolute Gasteiger partial charge is 0.209 e. The lowest BCUT2D eigenvalue weighted by Gasteiger charge is -2.23. The molecule has 0 N–H and O–H groups in total. The van der Waals surface area contributed by atoms with E-state index in [0.29, 0.717) is 6.04 Å². The van der Waals surface area contributed by atoms with E-state index in [1.165, 1.54) is 0 Å². The van der Waals surface area contributed by atoms with E-state index < -0.39 is 0 Å². The Balaban J connectivity index is 1.34. The summed E-state index contributed by atoms with van der Waals surface area (Å²) in [6.07, 6.45) is 3.86. The van der Waals surface area contributed by atoms with Gasteiger partial charge in [0.1, 0.15) is 11.3 Å². The van der Waals surface area contributed by atoms with E-state index in [4.69, 9.17) is 8.83 Å². The van der Waals surface area contributed by atoms with Crippen LogP contribution < -0.4 is 0 Å². The maximum absolute atomic E-state index is 5.85. The maximum atomic E-state index is 5.85. The van der Waals surface area contributed by atoms with Crippen LogP contribution in [0.1, 0.15) is 30.9 Å². The normalized spacial score (nSPS) is 18.6. The van der Waals surface area contributed by atoms with Crippen molar-refractivity contribution in [1.29, 1.82) is 0 Å². The Morgan fingerprint density at radius 3 is 2.92 bits per heavy atom. The summed E-state index contributed by atoms with van der Waals surface area (Å²) in [4.78, 5) is 13.7. The second-order valence-corrected chi connectivity index (χ2v) is 6.74. The molecule has 1 saturated heterocycles. The van der Waals surface area contributed by atoms with Crippen molar-refractivity contribution in [2.75, 3.05) is 20.1 Å². The van der Waals surface area contributed by atoms with Crippen molar-refractivity contribution in [1.82, 2.24) is 19.8 Å². The average molecular weight is 340 g/mol. The third-order valence-electron chi connectivity index (χ3n) is 4.90. The molecule has 25 heavy (non-hydrogen) atoms. The van der Waals surface area contributed by atoms with Gasteiger partial charge in [-0.3, -0.25) is 9.80 Å². The van der Waals surface area contributed by atoms with Gasteiger partial charge in [0, 0.05) is 25.6 Å². The molecule has 0 radical (unpaired) electrons. The quantitative estimate of drug-likeness (QED) is 0.687. The summed E-state index contributed by atoms with van der Waals surface area (Å²) in [5.74, 6) is 2.55. The predicted octanol–water partition coefficient (Wildman–Crippen LogP) is 3.08. The number of likely N-dealkylation sites (N-methyl/N-ethyl adjacent to an activating group) is 1. The zero-order chi connectivity index (χ0) is 17.2. The molecule has 132 valence electrons. The van der Waals surface area contributed by atoms with E-state index in [1.807, 2.05) is 30.5 Å². The molecule has 0 saturated carbocycles. The van der Waals surface area contributed by atoms with Crippen LogP contribution in [0.25, 0.3) is 11.1 Å². The first kappa shape index (κ1) is 16.3. The number of oxazole rings is 2. The molecular weight excluding hydrogens is 316 g/mol. The molecule has 0 bridgehead atoms. The summed E-state index contributed by atoms with van der Waals surface area (Å²) < 4.78 is 11.6. The van der Waals surface area contributed by atoms with Crippen LogP contribution in [0.3, 0.4) is 0 Å². The fourth-order valence-electron chi connectivity index (χ4n) is 3.42. The van der Waals surface area contributed by atoms with Gasteiger partial charge in [-0.05, 0) is 25.6 Å². The zero-order valence-electron chi connectivity index (χ0n) is 14.8. The number of rotatable bonds is 6. The molecule has 0 unspecified atom stereocenters. The van der Waals surface area contributed by atoms with Crippen LogP contribution in [0.5, 0.6) is 0 Å². The van der Waals surface area contributed by atoms with Crippen molar-refractivity contribution in [2.24, 2.45) is 0 Å². The molecular formula is C19H24N4O2. The first-order valence-electron chi connectivity index (χ1n) is 8.92. The van der Waals surface area contributed by atoms with E-state index in [2.05, 4.69) is 33.7 Å². The number of nitrogens with zero attached hydrogens (tertiary/aromatic N) is 4. The molecule has 6 nitrogen and oxygen atoms in total. The maximum Gasteiger partial charge on any atom is 0.209 e. The van der Waals surface area contributed by atoms with E-state index in [0.717, 1.165) is 67.7 Å². The Hall–Kier alpha value is -2.18. The van der Waals surface area contributed by atoms with Gasteiger partial charge in [0.15, 0.2) is 5.58 Å². The number of para-hydroxylation sites is 2. The molecule has 4 rings (SSSR count). The summed E-state index contributed by atoms with van der Waals surface area (Å²) in [6, 6.07) is 8.42. The SMILES string of the molecule is CCc1cnc(CN(C)[C@H]2CCN(Cc3nc4ccccc4o3)C2)o1. The van der Waals surface area contributed by atoms with Crippen LogP contribution in [0.2, 0.25) is 0 Å². The summed E-state index contributed by atoms with van der Waals surface area (Å²) in [5.41, 5.74) is 1.79. The first-order valence-corrected chi connectivity index (χ1v) is 8.92. The summed E-state index contributed by atoms with van der Waals surface area (Å²) >= 11 is 0. The lowest BCUT2D eigenvalue weighted by molar-refractivity contribution is 0.200. The van der Waals surface area contributed by atoms with Gasteiger partial charge in [-0.2, -0.15) is 0 Å². The number of likely N-dealkylation sites (tertiary alicyclic amines) is 1. The van der Waals surface area contributed by atoms with E-state index in [-0.39, 0.29) is 0 Å². The van der Waals surface area contributed by atoms with Crippen molar-refractivity contribution in [3.8, 4) is 0 Å². The highest BCUT2D eigenvalue weighted by atomic mass is 16.4. The number of hydrogen-bond acceptors (Lipinski definition) is 6. The molecule has 0 amide bonds. The lowest BCUT2D eigenvalue weighted by atomic mass is 10.2. The molecule has 1 aromatic carbocycles. The molecule has 1 atom stereocenters. The Morgan fingerprint density at radius 2 is 2.12 bits per heavy atom. The Morgan fingerprint density at radius 1 is 1.24 bits per heavy atom. The van der Waals surface area contributed by atoms with Crippen molar-refractivity contribution >= 4 is 11.1 Å². The number of aromatic nitrogens is 2. The minimum atomic E-state index is 0.501. The second-order valence-electron chi connectivity index (χ2n) is 6.74. The molecule has 3 aromatic rings. The van der Waals surface area contributed by atoms with Crippen molar-refractivity contribution in [3.05, 3.63) is 48.0 Å². The monoisotopic (exact) mass is 340 g/mol. The molecule has 0 aliphatic carbocycles. The molecule has 6 heteroatoms. The van der Waals surface area contributed by atoms with Crippen molar-refractivity contribution in [2.45, 2.75) is 38.9 Å². The molecule has 0 spiro atoms. The highest BCUT2D eigenvalue weighted by Gasteiger charge is 2.27. The minimum Gasteiger partial charge on any atom is -0.444 e. The number of fused-ring (bicyclic) bond motifs is 1. The van der Waals surface area contributed by atoms with Crippen LogP contribution in [-0.2, 0) is 19.5 Å². The van der Waals surface area contributed by atoms with Crippen LogP contribution in [0.15, 0.2) is 39.3 Å². The molecule has 3 heterocycles. The Bertz CT molecular complexity index is 808. The highest BCUT2D eigenvalue weighted by molar-refractivity contribution is 5.72. The third-order valence-corrected chi connectivity index (χ3v) is 4.90. The highest BCUT2D eigenvalue weighted by Crippen LogP contribution is 2.21. The Labute approximate surface area is 147 Å². The van der Waals surface area contributed by atoms with E-state index in [9.17, 15) is 0 Å². The van der Waals surface area contributed by atoms with Crippen LogP contribution in [-0.4, -0.2) is 45.9 Å². The van der Waals surface area contributed by atoms with Crippen LogP contribution in [0, 0.1) is 0 Å². The summed E-state index contributed by atoms with van der Waals surface area (Å²) in [7, 11) is 2.14. The first-order chi connectivity index (χ1) is 12.2. The van der Waals surface area contributed by atoms with Gasteiger partial charge >= 0.3 is 0 Å². The van der Waals surface area contributed by atoms with Gasteiger partial charge in [-0.25, -0.2) is 9.97 Å². The standard InChI is InChI=1S/C19H24N4O2/c1-3-15-10-20-18(24-15)12-22(2)14-8-9-23(11-14)13-19-21-16-6-4-5-7-17(16)25-19/h4-7,10,14H,3,8-9,11-13H2,1-2H3/t14-/m0/s1. The topological polar surface area (TPSA) is 58.5 Å². The predicted molar refractivity (Wildman–Crippen MR) is 95.0 cm³/mol. The van der Waals surface area contributed by atoms with Crippen molar-refractivity contribution < 1.29 is 8.83 Å². The minimum absolute atomic E-state index is 0.501. The second kappa shape index (κ2) is 6.98. The van der Waals surface area contributed by atoms with Gasteiger partial charge in [0.25, 0.3) is 0 Å². The molecule has 2 aromatic heterocycles. The van der Waals surface area contributed by atoms with E-state index in [1.54, 1.807) is 0 Å². The van der Waals surface area contributed by atoms with Gasteiger partial charge in [0.2, 0.25) is 11.8 Å². The number of aryl methyl sites for hydroxylation is 1.